The molecule has 2 heterocycles. The van der Waals surface area contributed by atoms with Crippen molar-refractivity contribution >= 4 is 21.8 Å². The van der Waals surface area contributed by atoms with Gasteiger partial charge in [0.15, 0.2) is 17.5 Å². The van der Waals surface area contributed by atoms with Gasteiger partial charge in [-0.3, -0.25) is 0 Å². The average Bonchev–Trinajstić information content (AvgIpc) is 3.73. The van der Waals surface area contributed by atoms with Crippen molar-refractivity contribution in [3.05, 3.63) is 205 Å². The van der Waals surface area contributed by atoms with E-state index in [1.807, 2.05) is 36.4 Å². The first kappa shape index (κ1) is 33.9. The summed E-state index contributed by atoms with van der Waals surface area (Å²) in [6, 6.07) is 69.1. The smallest absolute Gasteiger partial charge is 0.164 e. The Morgan fingerprint density at radius 2 is 0.862 bits per heavy atom. The summed E-state index contributed by atoms with van der Waals surface area (Å²) in [4.78, 5) is 15.3. The van der Waals surface area contributed by atoms with Gasteiger partial charge in [0.25, 0.3) is 0 Å². The van der Waals surface area contributed by atoms with E-state index in [-0.39, 0.29) is 5.41 Å². The Labute approximate surface area is 337 Å². The molecule has 1 aliphatic carbocycles. The summed E-state index contributed by atoms with van der Waals surface area (Å²) in [5, 5.41) is 2.45. The molecular formula is C54H38N4. The van der Waals surface area contributed by atoms with Crippen LogP contribution in [0.15, 0.2) is 194 Å². The lowest BCUT2D eigenvalue weighted by Gasteiger charge is -2.22. The molecule has 4 heteroatoms. The summed E-state index contributed by atoms with van der Waals surface area (Å²) >= 11 is 0. The third-order valence-electron chi connectivity index (χ3n) is 11.9. The highest BCUT2D eigenvalue weighted by molar-refractivity contribution is 6.12. The molecule has 274 valence electrons. The predicted octanol–water partition coefficient (Wildman–Crippen LogP) is 13.6. The molecular weight excluding hydrogens is 705 g/mol. The minimum atomic E-state index is -0.147. The fraction of sp³-hybridized carbons (Fsp3) is 0.0556. The van der Waals surface area contributed by atoms with Gasteiger partial charge in [0.1, 0.15) is 0 Å². The molecule has 0 saturated heterocycles. The molecule has 10 aromatic rings. The number of nitrogens with zero attached hydrogens (tertiary/aromatic N) is 4. The summed E-state index contributed by atoms with van der Waals surface area (Å²) in [6.45, 7) is 4.71. The molecule has 0 aliphatic heterocycles. The first-order chi connectivity index (χ1) is 28.5. The van der Waals surface area contributed by atoms with Crippen LogP contribution in [0.5, 0.6) is 0 Å². The zero-order chi connectivity index (χ0) is 38.8. The van der Waals surface area contributed by atoms with Crippen LogP contribution in [-0.2, 0) is 5.41 Å². The van der Waals surface area contributed by atoms with Crippen molar-refractivity contribution in [2.45, 2.75) is 19.3 Å². The van der Waals surface area contributed by atoms with E-state index in [9.17, 15) is 0 Å². The first-order valence-electron chi connectivity index (χ1n) is 19.9. The molecule has 0 N–H and O–H groups in total. The van der Waals surface area contributed by atoms with Gasteiger partial charge in [-0.1, -0.05) is 184 Å². The molecule has 1 aliphatic rings. The molecule has 58 heavy (non-hydrogen) atoms. The lowest BCUT2D eigenvalue weighted by atomic mass is 9.82. The maximum Gasteiger partial charge on any atom is 0.164 e. The highest BCUT2D eigenvalue weighted by Crippen LogP contribution is 2.51. The normalized spacial score (nSPS) is 12.8. The average molecular weight is 743 g/mol. The second-order valence-electron chi connectivity index (χ2n) is 15.7. The van der Waals surface area contributed by atoms with Gasteiger partial charge in [0.2, 0.25) is 0 Å². The molecule has 0 fully saturated rings. The van der Waals surface area contributed by atoms with Crippen molar-refractivity contribution < 1.29 is 0 Å². The topological polar surface area (TPSA) is 43.6 Å². The SMILES string of the molecule is CC1(C)c2ccccc2-c2cc3c4ccccc4n(-c4cc(-c5nc(-c6ccccc6)nc(-c6ccccc6)n5)ccc4-c4ccc(-c5ccccc5)cc4)c3cc21. The van der Waals surface area contributed by atoms with Crippen LogP contribution in [0.4, 0.5) is 0 Å². The standard InChI is InChI=1S/C54H38N4/c1-54(2)46-24-14-12-22-42(46)44-33-45-43-23-13-15-25-48(43)58(50(45)34-47(44)54)49-32-40(30-31-41(49)37-28-26-36(27-29-37)35-16-6-3-7-17-35)53-56-51(38-18-8-4-9-19-38)55-52(57-53)39-20-10-5-11-21-39/h3-34H,1-2H3. The van der Waals surface area contributed by atoms with E-state index in [0.29, 0.717) is 17.5 Å². The molecule has 0 atom stereocenters. The van der Waals surface area contributed by atoms with Crippen LogP contribution in [0.1, 0.15) is 25.0 Å². The number of hydrogen-bond donors (Lipinski definition) is 0. The van der Waals surface area contributed by atoms with Gasteiger partial charge < -0.3 is 4.57 Å². The van der Waals surface area contributed by atoms with Crippen molar-refractivity contribution in [2.24, 2.45) is 0 Å². The van der Waals surface area contributed by atoms with E-state index in [0.717, 1.165) is 39.0 Å². The first-order valence-corrected chi connectivity index (χ1v) is 19.9. The summed E-state index contributed by atoms with van der Waals surface area (Å²) in [5.41, 5.74) is 16.0. The minimum absolute atomic E-state index is 0.147. The van der Waals surface area contributed by atoms with Crippen LogP contribution < -0.4 is 0 Å². The van der Waals surface area contributed by atoms with Crippen LogP contribution in [0.25, 0.3) is 95.0 Å². The molecule has 0 unspecified atom stereocenters. The molecule has 2 aromatic heterocycles. The van der Waals surface area contributed by atoms with Crippen LogP contribution in [0, 0.1) is 0 Å². The molecule has 0 amide bonds. The van der Waals surface area contributed by atoms with Crippen molar-refractivity contribution in [3.8, 4) is 73.2 Å². The van der Waals surface area contributed by atoms with E-state index < -0.39 is 0 Å². The van der Waals surface area contributed by atoms with Crippen molar-refractivity contribution in [1.29, 1.82) is 0 Å². The highest BCUT2D eigenvalue weighted by atomic mass is 15.0. The quantitative estimate of drug-likeness (QED) is 0.170. The molecule has 11 rings (SSSR count). The highest BCUT2D eigenvalue weighted by Gasteiger charge is 2.36. The molecule has 8 aromatic carbocycles. The zero-order valence-corrected chi connectivity index (χ0v) is 32.3. The van der Waals surface area contributed by atoms with Gasteiger partial charge in [-0.2, -0.15) is 0 Å². The Bertz CT molecular complexity index is 3110. The largest absolute Gasteiger partial charge is 0.309 e. The molecule has 0 spiro atoms. The monoisotopic (exact) mass is 742 g/mol. The van der Waals surface area contributed by atoms with Crippen LogP contribution >= 0.6 is 0 Å². The van der Waals surface area contributed by atoms with Gasteiger partial charge in [0.05, 0.1) is 16.7 Å². The Kier molecular flexibility index (Phi) is 7.80. The zero-order valence-electron chi connectivity index (χ0n) is 32.3. The Hall–Kier alpha value is -7.43. The molecule has 4 nitrogen and oxygen atoms in total. The number of benzene rings is 8. The second kappa shape index (κ2) is 13.4. The van der Waals surface area contributed by atoms with Crippen molar-refractivity contribution in [1.82, 2.24) is 19.5 Å². The Morgan fingerprint density at radius 3 is 1.53 bits per heavy atom. The number of para-hydroxylation sites is 1. The van der Waals surface area contributed by atoms with Gasteiger partial charge in [-0.25, -0.2) is 15.0 Å². The summed E-state index contributed by atoms with van der Waals surface area (Å²) in [6.07, 6.45) is 0. The third kappa shape index (κ3) is 5.48. The van der Waals surface area contributed by atoms with E-state index >= 15 is 0 Å². The van der Waals surface area contributed by atoms with Crippen LogP contribution in [0.3, 0.4) is 0 Å². The fourth-order valence-corrected chi connectivity index (χ4v) is 8.93. The number of aromatic nitrogens is 4. The second-order valence-corrected chi connectivity index (χ2v) is 15.7. The Morgan fingerprint density at radius 1 is 0.345 bits per heavy atom. The van der Waals surface area contributed by atoms with Crippen LogP contribution in [0.2, 0.25) is 0 Å². The van der Waals surface area contributed by atoms with E-state index in [2.05, 4.69) is 176 Å². The van der Waals surface area contributed by atoms with Crippen LogP contribution in [-0.4, -0.2) is 19.5 Å². The van der Waals surface area contributed by atoms with E-state index in [1.54, 1.807) is 0 Å². The molecule has 0 bridgehead atoms. The van der Waals surface area contributed by atoms with Gasteiger partial charge >= 0.3 is 0 Å². The maximum atomic E-state index is 5.15. The van der Waals surface area contributed by atoms with E-state index in [1.165, 1.54) is 49.7 Å². The summed E-state index contributed by atoms with van der Waals surface area (Å²) in [5.74, 6) is 1.90. The summed E-state index contributed by atoms with van der Waals surface area (Å²) in [7, 11) is 0. The lowest BCUT2D eigenvalue weighted by molar-refractivity contribution is 0.661. The van der Waals surface area contributed by atoms with Crippen molar-refractivity contribution in [3.63, 3.8) is 0 Å². The maximum absolute atomic E-state index is 5.15. The lowest BCUT2D eigenvalue weighted by Crippen LogP contribution is -2.15. The Balaban J connectivity index is 1.18. The van der Waals surface area contributed by atoms with Gasteiger partial charge in [-0.05, 0) is 63.2 Å². The van der Waals surface area contributed by atoms with Gasteiger partial charge in [0, 0.05) is 38.4 Å². The third-order valence-corrected chi connectivity index (χ3v) is 11.9. The molecule has 0 saturated carbocycles. The molecule has 0 radical (unpaired) electrons. The predicted molar refractivity (Wildman–Crippen MR) is 239 cm³/mol. The number of hydrogen-bond acceptors (Lipinski definition) is 3. The minimum Gasteiger partial charge on any atom is -0.309 e. The fourth-order valence-electron chi connectivity index (χ4n) is 8.93. The van der Waals surface area contributed by atoms with Gasteiger partial charge in [-0.15, -0.1) is 0 Å². The summed E-state index contributed by atoms with van der Waals surface area (Å²) < 4.78 is 2.46. The number of fused-ring (bicyclic) bond motifs is 6. The number of rotatable bonds is 6. The van der Waals surface area contributed by atoms with E-state index in [4.69, 9.17) is 15.0 Å². The van der Waals surface area contributed by atoms with Crippen molar-refractivity contribution in [2.75, 3.05) is 0 Å².